The van der Waals surface area contributed by atoms with Crippen molar-refractivity contribution in [1.29, 1.82) is 0 Å². The van der Waals surface area contributed by atoms with Crippen LogP contribution in [0, 0.1) is 11.3 Å². The SMILES string of the molecule is COC(CN)CC(=O)NCC(C)(C)CC(C)C.Cl. The first-order valence-electron chi connectivity index (χ1n) is 6.30. The predicted octanol–water partition coefficient (Wildman–Crippen LogP) is 1.96. The Labute approximate surface area is 117 Å². The molecule has 0 heterocycles. The van der Waals surface area contributed by atoms with Crippen LogP contribution < -0.4 is 11.1 Å². The quantitative estimate of drug-likeness (QED) is 0.714. The topological polar surface area (TPSA) is 64.3 Å². The predicted molar refractivity (Wildman–Crippen MR) is 78.0 cm³/mol. The van der Waals surface area contributed by atoms with Crippen molar-refractivity contribution in [2.45, 2.75) is 46.6 Å². The fourth-order valence-electron chi connectivity index (χ4n) is 2.06. The molecule has 0 aromatic rings. The normalized spacial score (nSPS) is 13.1. The smallest absolute Gasteiger partial charge is 0.222 e. The molecule has 0 saturated heterocycles. The molecule has 0 fully saturated rings. The number of rotatable bonds is 8. The van der Waals surface area contributed by atoms with Gasteiger partial charge < -0.3 is 15.8 Å². The Kier molecular flexibility index (Phi) is 10.7. The van der Waals surface area contributed by atoms with Crippen molar-refractivity contribution in [3.05, 3.63) is 0 Å². The highest BCUT2D eigenvalue weighted by atomic mass is 35.5. The summed E-state index contributed by atoms with van der Waals surface area (Å²) >= 11 is 0. The maximum Gasteiger partial charge on any atom is 0.222 e. The lowest BCUT2D eigenvalue weighted by molar-refractivity contribution is -0.123. The van der Waals surface area contributed by atoms with Gasteiger partial charge >= 0.3 is 0 Å². The summed E-state index contributed by atoms with van der Waals surface area (Å²) in [5.74, 6) is 0.650. The zero-order valence-electron chi connectivity index (χ0n) is 12.3. The number of halogens is 1. The molecule has 0 bridgehead atoms. The Hall–Kier alpha value is -0.320. The first kappa shape index (κ1) is 20.0. The first-order valence-corrected chi connectivity index (χ1v) is 6.30. The van der Waals surface area contributed by atoms with E-state index in [0.29, 0.717) is 25.4 Å². The van der Waals surface area contributed by atoms with E-state index in [9.17, 15) is 4.79 Å². The molecule has 0 rings (SSSR count). The molecule has 0 aliphatic carbocycles. The summed E-state index contributed by atoms with van der Waals surface area (Å²) in [6.45, 7) is 9.80. The van der Waals surface area contributed by atoms with Crippen molar-refractivity contribution in [3.63, 3.8) is 0 Å². The van der Waals surface area contributed by atoms with Gasteiger partial charge in [0.05, 0.1) is 12.5 Å². The van der Waals surface area contributed by atoms with Gasteiger partial charge in [0.2, 0.25) is 5.91 Å². The van der Waals surface area contributed by atoms with Crippen molar-refractivity contribution in [2.75, 3.05) is 20.2 Å². The van der Waals surface area contributed by atoms with Gasteiger partial charge in [-0.1, -0.05) is 27.7 Å². The monoisotopic (exact) mass is 280 g/mol. The molecule has 0 aromatic carbocycles. The second-order valence-corrected chi connectivity index (χ2v) is 5.84. The van der Waals surface area contributed by atoms with E-state index >= 15 is 0 Å². The number of nitrogens with one attached hydrogen (secondary N) is 1. The second kappa shape index (κ2) is 9.59. The van der Waals surface area contributed by atoms with Gasteiger partial charge in [-0.25, -0.2) is 0 Å². The van der Waals surface area contributed by atoms with E-state index in [0.717, 1.165) is 6.42 Å². The van der Waals surface area contributed by atoms with Crippen LogP contribution in [0.4, 0.5) is 0 Å². The van der Waals surface area contributed by atoms with Gasteiger partial charge in [0.1, 0.15) is 0 Å². The molecule has 18 heavy (non-hydrogen) atoms. The number of nitrogens with two attached hydrogens (primary N) is 1. The van der Waals surface area contributed by atoms with Crippen LogP contribution in [-0.4, -0.2) is 32.2 Å². The van der Waals surface area contributed by atoms with Gasteiger partial charge in [-0.3, -0.25) is 4.79 Å². The molecule has 110 valence electrons. The maximum atomic E-state index is 11.7. The van der Waals surface area contributed by atoms with Crippen molar-refractivity contribution < 1.29 is 9.53 Å². The molecule has 1 unspecified atom stereocenters. The Morgan fingerprint density at radius 1 is 1.39 bits per heavy atom. The molecule has 3 N–H and O–H groups in total. The molecule has 4 nitrogen and oxygen atoms in total. The number of hydrogen-bond donors (Lipinski definition) is 2. The Morgan fingerprint density at radius 2 is 1.94 bits per heavy atom. The summed E-state index contributed by atoms with van der Waals surface area (Å²) in [4.78, 5) is 11.7. The van der Waals surface area contributed by atoms with Gasteiger partial charge in [-0.2, -0.15) is 0 Å². The van der Waals surface area contributed by atoms with Crippen molar-refractivity contribution in [2.24, 2.45) is 17.1 Å². The van der Waals surface area contributed by atoms with Crippen LogP contribution in [0.3, 0.4) is 0 Å². The molecular formula is C13H29ClN2O2. The molecule has 5 heteroatoms. The third-order valence-corrected chi connectivity index (χ3v) is 2.73. The fraction of sp³-hybridized carbons (Fsp3) is 0.923. The third-order valence-electron chi connectivity index (χ3n) is 2.73. The highest BCUT2D eigenvalue weighted by Gasteiger charge is 2.21. The summed E-state index contributed by atoms with van der Waals surface area (Å²) in [5, 5.41) is 2.95. The van der Waals surface area contributed by atoms with Gasteiger partial charge in [-0.15, -0.1) is 12.4 Å². The highest BCUT2D eigenvalue weighted by Crippen LogP contribution is 2.24. The van der Waals surface area contributed by atoms with E-state index in [1.807, 2.05) is 0 Å². The average Bonchev–Trinajstić information content (AvgIpc) is 2.21. The van der Waals surface area contributed by atoms with E-state index in [1.165, 1.54) is 0 Å². The lowest BCUT2D eigenvalue weighted by atomic mass is 9.84. The first-order chi connectivity index (χ1) is 7.80. The highest BCUT2D eigenvalue weighted by molar-refractivity contribution is 5.85. The van der Waals surface area contributed by atoms with Crippen molar-refractivity contribution >= 4 is 18.3 Å². The van der Waals surface area contributed by atoms with Crippen molar-refractivity contribution in [3.8, 4) is 0 Å². The van der Waals surface area contributed by atoms with Gasteiger partial charge in [-0.05, 0) is 17.8 Å². The molecule has 0 aliphatic heterocycles. The minimum Gasteiger partial charge on any atom is -0.380 e. The second-order valence-electron chi connectivity index (χ2n) is 5.84. The van der Waals surface area contributed by atoms with E-state index in [-0.39, 0.29) is 29.8 Å². The van der Waals surface area contributed by atoms with Crippen LogP contribution in [0.1, 0.15) is 40.5 Å². The minimum absolute atomic E-state index is 0. The van der Waals surface area contributed by atoms with E-state index in [1.54, 1.807) is 7.11 Å². The molecule has 0 spiro atoms. The summed E-state index contributed by atoms with van der Waals surface area (Å²) in [7, 11) is 1.58. The molecule has 0 radical (unpaired) electrons. The van der Waals surface area contributed by atoms with E-state index in [4.69, 9.17) is 10.5 Å². The average molecular weight is 281 g/mol. The number of methoxy groups -OCH3 is 1. The fourth-order valence-corrected chi connectivity index (χ4v) is 2.06. The number of carbonyl (C=O) groups excluding carboxylic acids is 1. The summed E-state index contributed by atoms with van der Waals surface area (Å²) in [6.07, 6.45) is 1.26. The third kappa shape index (κ3) is 9.68. The zero-order valence-corrected chi connectivity index (χ0v) is 13.1. The molecule has 0 saturated carbocycles. The Balaban J connectivity index is 0. The largest absolute Gasteiger partial charge is 0.380 e. The van der Waals surface area contributed by atoms with Crippen LogP contribution in [0.25, 0.3) is 0 Å². The minimum atomic E-state index is -0.178. The number of hydrogen-bond acceptors (Lipinski definition) is 3. The summed E-state index contributed by atoms with van der Waals surface area (Å²) in [6, 6.07) is 0. The van der Waals surface area contributed by atoms with Crippen LogP contribution in [0.2, 0.25) is 0 Å². The number of ether oxygens (including phenoxy) is 1. The molecular weight excluding hydrogens is 252 g/mol. The molecule has 0 aliphatic rings. The van der Waals surface area contributed by atoms with Gasteiger partial charge in [0.15, 0.2) is 0 Å². The molecule has 1 atom stereocenters. The van der Waals surface area contributed by atoms with Gasteiger partial charge in [0, 0.05) is 20.2 Å². The van der Waals surface area contributed by atoms with Crippen molar-refractivity contribution in [1.82, 2.24) is 5.32 Å². The number of carbonyl (C=O) groups is 1. The zero-order chi connectivity index (χ0) is 13.5. The van der Waals surface area contributed by atoms with Crippen LogP contribution in [0.5, 0.6) is 0 Å². The van der Waals surface area contributed by atoms with Gasteiger partial charge in [0.25, 0.3) is 0 Å². The maximum absolute atomic E-state index is 11.7. The lowest BCUT2D eigenvalue weighted by Crippen LogP contribution is -2.37. The lowest BCUT2D eigenvalue weighted by Gasteiger charge is -2.27. The van der Waals surface area contributed by atoms with E-state index < -0.39 is 0 Å². The summed E-state index contributed by atoms with van der Waals surface area (Å²) in [5.41, 5.74) is 5.61. The summed E-state index contributed by atoms with van der Waals surface area (Å²) < 4.78 is 5.08. The standard InChI is InChI=1S/C13H28N2O2.ClH/c1-10(2)7-13(3,4)9-15-12(16)6-11(8-14)17-5;/h10-11H,6-9,14H2,1-5H3,(H,15,16);1H. The van der Waals surface area contributed by atoms with Crippen LogP contribution in [0.15, 0.2) is 0 Å². The van der Waals surface area contributed by atoms with E-state index in [2.05, 4.69) is 33.0 Å². The molecule has 0 aromatic heterocycles. The molecule has 1 amide bonds. The number of amides is 1. The van der Waals surface area contributed by atoms with Crippen LogP contribution >= 0.6 is 12.4 Å². The van der Waals surface area contributed by atoms with Crippen LogP contribution in [-0.2, 0) is 9.53 Å². The Bertz CT molecular complexity index is 229. The Morgan fingerprint density at radius 3 is 2.33 bits per heavy atom.